The van der Waals surface area contributed by atoms with Gasteiger partial charge in [-0.3, -0.25) is 5.84 Å². The van der Waals surface area contributed by atoms with E-state index in [9.17, 15) is 0 Å². The second kappa shape index (κ2) is 6.66. The van der Waals surface area contributed by atoms with Crippen molar-refractivity contribution in [2.45, 2.75) is 10.9 Å². The number of furan rings is 1. The maximum Gasteiger partial charge on any atom is 0.134 e. The lowest BCUT2D eigenvalue weighted by Crippen LogP contribution is -2.29. The van der Waals surface area contributed by atoms with Gasteiger partial charge >= 0.3 is 0 Å². The molecule has 5 heteroatoms. The number of hydrogen-bond acceptors (Lipinski definition) is 4. The summed E-state index contributed by atoms with van der Waals surface area (Å²) in [5.74, 6) is 7.35. The summed E-state index contributed by atoms with van der Waals surface area (Å²) < 4.78 is 6.95. The quantitative estimate of drug-likeness (QED) is 0.398. The van der Waals surface area contributed by atoms with Crippen LogP contribution in [0.1, 0.15) is 11.8 Å². The molecule has 0 spiro atoms. The van der Waals surface area contributed by atoms with Crippen LogP contribution < -0.4 is 11.3 Å². The lowest BCUT2D eigenvalue weighted by atomic mass is 10.2. The Balaban J connectivity index is 1.73. The number of thioether (sulfide) groups is 1. The lowest BCUT2D eigenvalue weighted by molar-refractivity contribution is 0.464. The van der Waals surface area contributed by atoms with Gasteiger partial charge in [0.2, 0.25) is 0 Å². The van der Waals surface area contributed by atoms with Gasteiger partial charge in [-0.15, -0.1) is 11.8 Å². The van der Waals surface area contributed by atoms with E-state index in [2.05, 4.69) is 33.5 Å². The standard InChI is InChI=1S/C16H15BrN2OS/c17-12-5-7-13(8-6-12)21-10-14(19-18)16-9-11-3-1-2-4-15(11)20-16/h1-9,14,19H,10,18H2. The van der Waals surface area contributed by atoms with Gasteiger partial charge in [-0.2, -0.15) is 0 Å². The van der Waals surface area contributed by atoms with Crippen molar-refractivity contribution >= 4 is 38.7 Å². The Bertz CT molecular complexity index is 693. The number of fused-ring (bicyclic) bond motifs is 1. The molecule has 0 aliphatic carbocycles. The number of para-hydroxylation sites is 1. The smallest absolute Gasteiger partial charge is 0.134 e. The van der Waals surface area contributed by atoms with Gasteiger partial charge in [0.15, 0.2) is 0 Å². The summed E-state index contributed by atoms with van der Waals surface area (Å²) in [6.45, 7) is 0. The third kappa shape index (κ3) is 3.49. The van der Waals surface area contributed by atoms with E-state index in [4.69, 9.17) is 10.3 Å². The Kier molecular flexibility index (Phi) is 4.65. The molecule has 3 N–H and O–H groups in total. The number of nitrogens with two attached hydrogens (primary N) is 1. The Hall–Kier alpha value is -1.27. The number of hydrogen-bond donors (Lipinski definition) is 2. The van der Waals surface area contributed by atoms with E-state index >= 15 is 0 Å². The SMILES string of the molecule is NNC(CSc1ccc(Br)cc1)c1cc2ccccc2o1. The molecule has 2 aromatic carbocycles. The van der Waals surface area contributed by atoms with Crippen LogP contribution in [0.3, 0.4) is 0 Å². The van der Waals surface area contributed by atoms with Crippen molar-refractivity contribution in [3.8, 4) is 0 Å². The number of benzene rings is 2. The largest absolute Gasteiger partial charge is 0.459 e. The summed E-state index contributed by atoms with van der Waals surface area (Å²) in [5.41, 5.74) is 3.73. The molecule has 1 unspecified atom stereocenters. The molecule has 0 radical (unpaired) electrons. The van der Waals surface area contributed by atoms with E-state index in [1.54, 1.807) is 11.8 Å². The predicted octanol–water partition coefficient (Wildman–Crippen LogP) is 4.49. The Morgan fingerprint density at radius 2 is 1.90 bits per heavy atom. The van der Waals surface area contributed by atoms with Gasteiger partial charge in [0.05, 0.1) is 6.04 Å². The van der Waals surface area contributed by atoms with Gasteiger partial charge in [0, 0.05) is 20.5 Å². The summed E-state index contributed by atoms with van der Waals surface area (Å²) in [5, 5.41) is 1.10. The number of nitrogens with one attached hydrogen (secondary N) is 1. The van der Waals surface area contributed by atoms with Crippen LogP contribution in [0.4, 0.5) is 0 Å². The second-order valence-electron chi connectivity index (χ2n) is 4.67. The molecule has 1 atom stereocenters. The molecule has 0 aliphatic heterocycles. The zero-order valence-electron chi connectivity index (χ0n) is 11.3. The van der Waals surface area contributed by atoms with E-state index in [0.717, 1.165) is 27.0 Å². The van der Waals surface area contributed by atoms with Gasteiger partial charge in [0.25, 0.3) is 0 Å². The summed E-state index contributed by atoms with van der Waals surface area (Å²) >= 11 is 5.18. The fourth-order valence-corrected chi connectivity index (χ4v) is 3.31. The number of hydrazine groups is 1. The average molecular weight is 363 g/mol. The maximum atomic E-state index is 5.87. The number of rotatable bonds is 5. The molecule has 0 fully saturated rings. The zero-order chi connectivity index (χ0) is 14.7. The molecule has 0 aliphatic rings. The highest BCUT2D eigenvalue weighted by atomic mass is 79.9. The molecule has 21 heavy (non-hydrogen) atoms. The second-order valence-corrected chi connectivity index (χ2v) is 6.68. The van der Waals surface area contributed by atoms with Crippen LogP contribution in [0.15, 0.2) is 68.4 Å². The zero-order valence-corrected chi connectivity index (χ0v) is 13.7. The highest BCUT2D eigenvalue weighted by molar-refractivity contribution is 9.10. The Morgan fingerprint density at radius 3 is 2.62 bits per heavy atom. The molecular weight excluding hydrogens is 348 g/mol. The lowest BCUT2D eigenvalue weighted by Gasteiger charge is -2.12. The van der Waals surface area contributed by atoms with Gasteiger partial charge in [-0.05, 0) is 36.4 Å². The minimum atomic E-state index is -0.0222. The molecule has 0 amide bonds. The van der Waals surface area contributed by atoms with Crippen molar-refractivity contribution < 1.29 is 4.42 Å². The monoisotopic (exact) mass is 362 g/mol. The Morgan fingerprint density at radius 1 is 1.14 bits per heavy atom. The number of halogens is 1. The molecule has 0 saturated carbocycles. The highest BCUT2D eigenvalue weighted by Crippen LogP contribution is 2.29. The molecule has 3 rings (SSSR count). The first-order valence-corrected chi connectivity index (χ1v) is 8.37. The Labute approximate surface area is 136 Å². The van der Waals surface area contributed by atoms with E-state index in [-0.39, 0.29) is 6.04 Å². The van der Waals surface area contributed by atoms with E-state index < -0.39 is 0 Å². The van der Waals surface area contributed by atoms with Crippen LogP contribution in [0.25, 0.3) is 11.0 Å². The molecule has 108 valence electrons. The molecule has 0 bridgehead atoms. The van der Waals surface area contributed by atoms with Gasteiger partial charge in [-0.1, -0.05) is 34.1 Å². The fourth-order valence-electron chi connectivity index (χ4n) is 2.10. The van der Waals surface area contributed by atoms with Crippen LogP contribution in [-0.4, -0.2) is 5.75 Å². The van der Waals surface area contributed by atoms with Crippen molar-refractivity contribution in [2.24, 2.45) is 5.84 Å². The highest BCUT2D eigenvalue weighted by Gasteiger charge is 2.15. The summed E-state index contributed by atoms with van der Waals surface area (Å²) in [4.78, 5) is 1.20. The molecule has 1 heterocycles. The first-order chi connectivity index (χ1) is 10.3. The van der Waals surface area contributed by atoms with Gasteiger partial charge in [0.1, 0.15) is 11.3 Å². The first-order valence-electron chi connectivity index (χ1n) is 6.59. The van der Waals surface area contributed by atoms with Crippen LogP contribution in [0.2, 0.25) is 0 Å². The third-order valence-electron chi connectivity index (χ3n) is 3.22. The van der Waals surface area contributed by atoms with Gasteiger partial charge in [-0.25, -0.2) is 5.43 Å². The van der Waals surface area contributed by atoms with E-state index in [0.29, 0.717) is 0 Å². The van der Waals surface area contributed by atoms with E-state index in [1.807, 2.05) is 42.5 Å². The van der Waals surface area contributed by atoms with Crippen LogP contribution in [-0.2, 0) is 0 Å². The summed E-state index contributed by atoms with van der Waals surface area (Å²) in [6.07, 6.45) is 0. The predicted molar refractivity (Wildman–Crippen MR) is 91.1 cm³/mol. The minimum Gasteiger partial charge on any atom is -0.459 e. The van der Waals surface area contributed by atoms with E-state index in [1.165, 1.54) is 4.90 Å². The molecule has 0 saturated heterocycles. The molecular formula is C16H15BrN2OS. The molecule has 3 aromatic rings. The topological polar surface area (TPSA) is 51.2 Å². The van der Waals surface area contributed by atoms with Crippen molar-refractivity contribution in [2.75, 3.05) is 5.75 Å². The minimum absolute atomic E-state index is 0.0222. The summed E-state index contributed by atoms with van der Waals surface area (Å²) in [7, 11) is 0. The maximum absolute atomic E-state index is 5.87. The fraction of sp³-hybridized carbons (Fsp3) is 0.125. The third-order valence-corrected chi connectivity index (χ3v) is 4.85. The molecule has 1 aromatic heterocycles. The van der Waals surface area contributed by atoms with Crippen LogP contribution in [0, 0.1) is 0 Å². The van der Waals surface area contributed by atoms with Gasteiger partial charge < -0.3 is 4.42 Å². The normalized spacial score (nSPS) is 12.7. The van der Waals surface area contributed by atoms with Crippen molar-refractivity contribution in [1.29, 1.82) is 0 Å². The van der Waals surface area contributed by atoms with Crippen molar-refractivity contribution in [3.05, 3.63) is 64.8 Å². The summed E-state index contributed by atoms with van der Waals surface area (Å²) in [6, 6.07) is 18.2. The van der Waals surface area contributed by atoms with Crippen LogP contribution in [0.5, 0.6) is 0 Å². The first kappa shape index (κ1) is 14.7. The average Bonchev–Trinajstić information content (AvgIpc) is 2.93. The van der Waals surface area contributed by atoms with Crippen molar-refractivity contribution in [1.82, 2.24) is 5.43 Å². The van der Waals surface area contributed by atoms with Crippen LogP contribution >= 0.6 is 27.7 Å². The van der Waals surface area contributed by atoms with Crippen molar-refractivity contribution in [3.63, 3.8) is 0 Å². The molecule has 3 nitrogen and oxygen atoms in total.